The van der Waals surface area contributed by atoms with Crippen molar-refractivity contribution in [3.63, 3.8) is 0 Å². The summed E-state index contributed by atoms with van der Waals surface area (Å²) in [6, 6.07) is 12.2. The van der Waals surface area contributed by atoms with Gasteiger partial charge in [0.2, 0.25) is 0 Å². The zero-order chi connectivity index (χ0) is 10.4. The normalized spacial score (nSPS) is 11.3. The zero-order valence-corrected chi connectivity index (χ0v) is 11.4. The van der Waals surface area contributed by atoms with Crippen LogP contribution in [0.4, 0.5) is 0 Å². The number of furan rings is 1. The van der Waals surface area contributed by atoms with Crippen LogP contribution in [0.25, 0.3) is 21.9 Å². The van der Waals surface area contributed by atoms with E-state index in [1.807, 2.05) is 18.2 Å². The lowest BCUT2D eigenvalue weighted by molar-refractivity contribution is 0.666. The Labute approximate surface area is 109 Å². The molecule has 0 fully saturated rings. The first-order valence-electron chi connectivity index (χ1n) is 4.52. The van der Waals surface area contributed by atoms with E-state index in [2.05, 4.69) is 56.7 Å². The Bertz CT molecular complexity index is 657. The van der Waals surface area contributed by atoms with E-state index in [0.717, 1.165) is 24.6 Å². The average Bonchev–Trinajstić information content (AvgIpc) is 2.59. The smallest absolute Gasteiger partial charge is 0.148 e. The third-order valence-corrected chi connectivity index (χ3v) is 3.93. The molecule has 1 heterocycles. The minimum absolute atomic E-state index is 0.934. The van der Waals surface area contributed by atoms with Gasteiger partial charge in [-0.1, -0.05) is 34.1 Å². The molecule has 2 aromatic carbocycles. The summed E-state index contributed by atoms with van der Waals surface area (Å²) in [5.74, 6) is 0. The molecule has 0 saturated heterocycles. The zero-order valence-electron chi connectivity index (χ0n) is 7.63. The molecule has 1 aromatic heterocycles. The summed E-state index contributed by atoms with van der Waals surface area (Å²) in [5.41, 5.74) is 1.91. The van der Waals surface area contributed by atoms with E-state index >= 15 is 0 Å². The summed E-state index contributed by atoms with van der Waals surface area (Å²) >= 11 is 5.85. The maximum absolute atomic E-state index is 5.83. The van der Waals surface area contributed by atoms with Gasteiger partial charge in [-0.15, -0.1) is 0 Å². The van der Waals surface area contributed by atoms with Gasteiger partial charge in [0.15, 0.2) is 0 Å². The van der Waals surface area contributed by atoms with Crippen LogP contribution in [0.1, 0.15) is 0 Å². The van der Waals surface area contributed by atoms with Crippen LogP contribution in [0.3, 0.4) is 0 Å². The molecule has 0 amide bonds. The van der Waals surface area contributed by atoms with Gasteiger partial charge in [0, 0.05) is 15.2 Å². The molecule has 0 aliphatic rings. The summed E-state index contributed by atoms with van der Waals surface area (Å²) < 4.78 is 8.06. The molecule has 0 radical (unpaired) electrons. The van der Waals surface area contributed by atoms with Crippen molar-refractivity contribution in [3.05, 3.63) is 44.4 Å². The number of halogens is 2. The van der Waals surface area contributed by atoms with E-state index in [1.165, 1.54) is 5.39 Å². The molecule has 1 nitrogen and oxygen atoms in total. The number of rotatable bonds is 0. The monoisotopic (exact) mass is 372 g/mol. The molecule has 0 N–H and O–H groups in total. The highest BCUT2D eigenvalue weighted by atomic mass is 127. The van der Waals surface area contributed by atoms with Crippen molar-refractivity contribution >= 4 is 60.5 Å². The summed E-state index contributed by atoms with van der Waals surface area (Å²) in [6.07, 6.45) is 0. The van der Waals surface area contributed by atoms with Gasteiger partial charge in [0.05, 0.1) is 3.57 Å². The van der Waals surface area contributed by atoms with Gasteiger partial charge in [0.1, 0.15) is 11.2 Å². The second-order valence-corrected chi connectivity index (χ2v) is 5.35. The van der Waals surface area contributed by atoms with E-state index in [-0.39, 0.29) is 0 Å². The molecule has 74 valence electrons. The van der Waals surface area contributed by atoms with Crippen molar-refractivity contribution in [3.8, 4) is 0 Å². The Hall–Kier alpha value is -0.550. The fourth-order valence-electron chi connectivity index (χ4n) is 1.77. The maximum Gasteiger partial charge on any atom is 0.148 e. The van der Waals surface area contributed by atoms with E-state index in [9.17, 15) is 0 Å². The number of benzene rings is 2. The first-order chi connectivity index (χ1) is 7.27. The molecule has 15 heavy (non-hydrogen) atoms. The highest BCUT2D eigenvalue weighted by Crippen LogP contribution is 2.35. The lowest BCUT2D eigenvalue weighted by atomic mass is 10.2. The predicted molar refractivity (Wildman–Crippen MR) is 74.1 cm³/mol. The van der Waals surface area contributed by atoms with Crippen LogP contribution in [-0.4, -0.2) is 0 Å². The molecule has 0 unspecified atom stereocenters. The molecular formula is C12H6BrIO. The summed E-state index contributed by atoms with van der Waals surface area (Å²) in [6.45, 7) is 0. The Morgan fingerprint density at radius 3 is 2.73 bits per heavy atom. The molecule has 0 atom stereocenters. The standard InChI is InChI=1S/C12H6BrIO/c13-8-4-2-6-10-11(8)7-3-1-5-9(14)12(7)15-10/h1-6H. The van der Waals surface area contributed by atoms with Gasteiger partial charge in [-0.2, -0.15) is 0 Å². The van der Waals surface area contributed by atoms with E-state index < -0.39 is 0 Å². The molecule has 0 saturated carbocycles. The van der Waals surface area contributed by atoms with Crippen molar-refractivity contribution in [1.82, 2.24) is 0 Å². The van der Waals surface area contributed by atoms with Crippen LogP contribution in [0.15, 0.2) is 45.3 Å². The minimum atomic E-state index is 0.934. The Morgan fingerprint density at radius 2 is 1.87 bits per heavy atom. The lowest BCUT2D eigenvalue weighted by Crippen LogP contribution is -1.71. The summed E-state index contributed by atoms with van der Waals surface area (Å²) in [4.78, 5) is 0. The molecule has 0 aliphatic carbocycles. The Morgan fingerprint density at radius 1 is 1.07 bits per heavy atom. The Balaban J connectivity index is 2.65. The molecule has 0 spiro atoms. The molecule has 0 aliphatic heterocycles. The van der Waals surface area contributed by atoms with Crippen molar-refractivity contribution in [2.75, 3.05) is 0 Å². The SMILES string of the molecule is Brc1cccc2oc3c(I)cccc3c12. The second kappa shape index (κ2) is 3.49. The van der Waals surface area contributed by atoms with E-state index in [0.29, 0.717) is 0 Å². The fourth-order valence-corrected chi connectivity index (χ4v) is 2.94. The van der Waals surface area contributed by atoms with Crippen molar-refractivity contribution in [2.24, 2.45) is 0 Å². The first kappa shape index (κ1) is 9.66. The summed E-state index contributed by atoms with van der Waals surface area (Å²) in [5, 5.41) is 2.33. The number of para-hydroxylation sites is 1. The Kier molecular flexibility index (Phi) is 2.25. The molecule has 3 aromatic rings. The third kappa shape index (κ3) is 1.40. The van der Waals surface area contributed by atoms with Crippen LogP contribution < -0.4 is 0 Å². The van der Waals surface area contributed by atoms with Gasteiger partial charge < -0.3 is 4.42 Å². The minimum Gasteiger partial charge on any atom is -0.455 e. The maximum atomic E-state index is 5.83. The molecular weight excluding hydrogens is 367 g/mol. The predicted octanol–water partition coefficient (Wildman–Crippen LogP) is 4.95. The van der Waals surface area contributed by atoms with Crippen molar-refractivity contribution < 1.29 is 4.42 Å². The summed E-state index contributed by atoms with van der Waals surface area (Å²) in [7, 11) is 0. The van der Waals surface area contributed by atoms with Gasteiger partial charge in [-0.05, 0) is 40.8 Å². The van der Waals surface area contributed by atoms with Crippen LogP contribution in [0.2, 0.25) is 0 Å². The van der Waals surface area contributed by atoms with Crippen molar-refractivity contribution in [1.29, 1.82) is 0 Å². The number of fused-ring (bicyclic) bond motifs is 3. The lowest BCUT2D eigenvalue weighted by Gasteiger charge is -1.92. The first-order valence-corrected chi connectivity index (χ1v) is 6.40. The van der Waals surface area contributed by atoms with E-state index in [4.69, 9.17) is 4.42 Å². The fraction of sp³-hybridized carbons (Fsp3) is 0. The van der Waals surface area contributed by atoms with Crippen molar-refractivity contribution in [2.45, 2.75) is 0 Å². The van der Waals surface area contributed by atoms with Crippen LogP contribution >= 0.6 is 38.5 Å². The van der Waals surface area contributed by atoms with Crippen LogP contribution in [0, 0.1) is 3.57 Å². The molecule has 3 heteroatoms. The van der Waals surface area contributed by atoms with Gasteiger partial charge in [-0.25, -0.2) is 0 Å². The molecule has 3 rings (SSSR count). The third-order valence-electron chi connectivity index (χ3n) is 2.42. The van der Waals surface area contributed by atoms with Gasteiger partial charge in [-0.3, -0.25) is 0 Å². The number of hydrogen-bond acceptors (Lipinski definition) is 1. The largest absolute Gasteiger partial charge is 0.455 e. The highest BCUT2D eigenvalue weighted by molar-refractivity contribution is 14.1. The highest BCUT2D eigenvalue weighted by Gasteiger charge is 2.10. The second-order valence-electron chi connectivity index (χ2n) is 3.33. The molecule has 0 bridgehead atoms. The van der Waals surface area contributed by atoms with Crippen LogP contribution in [-0.2, 0) is 0 Å². The van der Waals surface area contributed by atoms with E-state index in [1.54, 1.807) is 0 Å². The van der Waals surface area contributed by atoms with Gasteiger partial charge in [0.25, 0.3) is 0 Å². The average molecular weight is 373 g/mol. The topological polar surface area (TPSA) is 13.1 Å². The quantitative estimate of drug-likeness (QED) is 0.509. The van der Waals surface area contributed by atoms with Crippen LogP contribution in [0.5, 0.6) is 0 Å². The number of hydrogen-bond donors (Lipinski definition) is 0. The van der Waals surface area contributed by atoms with Gasteiger partial charge >= 0.3 is 0 Å².